The molecule has 4 aromatic rings. The standard InChI is InChI=1S/C20H17ClN10O3/c21-13-7-3-1-5-11(13)9-25-27-20(33)16-15(31(30-26-16)19-17(22)28-34-29-19)10-24-14-8-4-2-6-12(14)18(23)32/h1-9,24H,10H2,(H2,22,28)(H2,23,32)(H,27,33). The molecule has 14 heteroatoms. The van der Waals surface area contributed by atoms with Crippen molar-refractivity contribution < 1.29 is 14.2 Å². The van der Waals surface area contributed by atoms with Crippen LogP contribution in [-0.2, 0) is 6.54 Å². The predicted molar refractivity (Wildman–Crippen MR) is 122 cm³/mol. The maximum absolute atomic E-state index is 12.8. The minimum Gasteiger partial charge on any atom is -0.379 e. The summed E-state index contributed by atoms with van der Waals surface area (Å²) in [6, 6.07) is 13.6. The van der Waals surface area contributed by atoms with Crippen molar-refractivity contribution in [2.45, 2.75) is 6.54 Å². The highest BCUT2D eigenvalue weighted by atomic mass is 35.5. The second kappa shape index (κ2) is 9.79. The van der Waals surface area contributed by atoms with Gasteiger partial charge in [-0.15, -0.1) is 5.10 Å². The van der Waals surface area contributed by atoms with Crippen LogP contribution in [0, 0.1) is 0 Å². The number of hydrogen-bond donors (Lipinski definition) is 4. The summed E-state index contributed by atoms with van der Waals surface area (Å²) in [5.74, 6) is -1.31. The summed E-state index contributed by atoms with van der Waals surface area (Å²) in [6.07, 6.45) is 1.39. The molecule has 0 saturated heterocycles. The highest BCUT2D eigenvalue weighted by molar-refractivity contribution is 6.33. The van der Waals surface area contributed by atoms with Crippen molar-refractivity contribution in [3.05, 3.63) is 76.1 Å². The van der Waals surface area contributed by atoms with Crippen LogP contribution in [0.1, 0.15) is 32.1 Å². The Morgan fingerprint density at radius 3 is 2.65 bits per heavy atom. The second-order valence-electron chi connectivity index (χ2n) is 6.75. The Labute approximate surface area is 196 Å². The highest BCUT2D eigenvalue weighted by Gasteiger charge is 2.24. The van der Waals surface area contributed by atoms with Gasteiger partial charge in [-0.25, -0.2) is 10.1 Å². The number of rotatable bonds is 8. The topological polar surface area (TPSA) is 192 Å². The molecule has 0 radical (unpaired) electrons. The molecule has 2 heterocycles. The van der Waals surface area contributed by atoms with Gasteiger partial charge in [-0.2, -0.15) is 9.78 Å². The van der Waals surface area contributed by atoms with Crippen molar-refractivity contribution in [1.82, 2.24) is 30.7 Å². The number of aromatic nitrogens is 5. The van der Waals surface area contributed by atoms with Gasteiger partial charge >= 0.3 is 0 Å². The number of anilines is 2. The average molecular weight is 481 g/mol. The quantitative estimate of drug-likeness (QED) is 0.213. The molecule has 0 aliphatic rings. The van der Waals surface area contributed by atoms with Crippen LogP contribution < -0.4 is 22.2 Å². The first-order valence-electron chi connectivity index (χ1n) is 9.69. The van der Waals surface area contributed by atoms with Crippen LogP contribution in [0.25, 0.3) is 5.82 Å². The number of carbonyl (C=O) groups is 2. The minimum atomic E-state index is -0.662. The van der Waals surface area contributed by atoms with Gasteiger partial charge in [0.2, 0.25) is 11.6 Å². The summed E-state index contributed by atoms with van der Waals surface area (Å²) in [4.78, 5) is 24.6. The number of benzene rings is 2. The van der Waals surface area contributed by atoms with E-state index in [-0.39, 0.29) is 35.1 Å². The molecule has 0 aliphatic carbocycles. The summed E-state index contributed by atoms with van der Waals surface area (Å²) < 4.78 is 5.82. The van der Waals surface area contributed by atoms with Crippen molar-refractivity contribution in [3.63, 3.8) is 0 Å². The van der Waals surface area contributed by atoms with Crippen molar-refractivity contribution in [2.75, 3.05) is 11.1 Å². The number of nitrogens with two attached hydrogens (primary N) is 2. The van der Waals surface area contributed by atoms with Crippen LogP contribution in [-0.4, -0.2) is 43.3 Å². The highest BCUT2D eigenvalue weighted by Crippen LogP contribution is 2.20. The zero-order chi connectivity index (χ0) is 24.1. The van der Waals surface area contributed by atoms with E-state index in [2.05, 4.69) is 41.1 Å². The maximum Gasteiger partial charge on any atom is 0.293 e. The van der Waals surface area contributed by atoms with Gasteiger partial charge in [0.1, 0.15) is 0 Å². The molecule has 2 amide bonds. The van der Waals surface area contributed by atoms with Crippen molar-refractivity contribution in [3.8, 4) is 5.82 Å². The Bertz CT molecular complexity index is 1380. The Morgan fingerprint density at radius 2 is 1.91 bits per heavy atom. The summed E-state index contributed by atoms with van der Waals surface area (Å²) in [5, 5.41) is 22.5. The lowest BCUT2D eigenvalue weighted by molar-refractivity contribution is 0.0947. The van der Waals surface area contributed by atoms with E-state index in [4.69, 9.17) is 23.1 Å². The first kappa shape index (κ1) is 22.4. The van der Waals surface area contributed by atoms with Crippen molar-refractivity contribution in [1.29, 1.82) is 0 Å². The molecule has 0 atom stereocenters. The third-order valence-electron chi connectivity index (χ3n) is 4.59. The van der Waals surface area contributed by atoms with Gasteiger partial charge in [-0.05, 0) is 28.5 Å². The Kier molecular flexibility index (Phi) is 6.45. The van der Waals surface area contributed by atoms with Crippen LogP contribution in [0.2, 0.25) is 5.02 Å². The molecule has 13 nitrogen and oxygen atoms in total. The van der Waals surface area contributed by atoms with Crippen LogP contribution in [0.5, 0.6) is 0 Å². The number of amides is 2. The molecular formula is C20H17ClN10O3. The number of para-hydroxylation sites is 1. The first-order valence-corrected chi connectivity index (χ1v) is 10.1. The zero-order valence-electron chi connectivity index (χ0n) is 17.3. The van der Waals surface area contributed by atoms with E-state index in [0.29, 0.717) is 16.3 Å². The number of halogens is 1. The maximum atomic E-state index is 12.8. The molecule has 2 aromatic heterocycles. The van der Waals surface area contributed by atoms with Gasteiger partial charge in [0.25, 0.3) is 11.8 Å². The van der Waals surface area contributed by atoms with Gasteiger partial charge in [0.15, 0.2) is 5.69 Å². The Balaban J connectivity index is 1.62. The molecule has 172 valence electrons. The molecule has 6 N–H and O–H groups in total. The molecule has 0 aliphatic heterocycles. The van der Waals surface area contributed by atoms with E-state index >= 15 is 0 Å². The normalized spacial score (nSPS) is 11.0. The third-order valence-corrected chi connectivity index (χ3v) is 4.93. The fourth-order valence-corrected chi connectivity index (χ4v) is 3.15. The number of hydrogen-bond acceptors (Lipinski definition) is 10. The van der Waals surface area contributed by atoms with E-state index in [1.165, 1.54) is 10.9 Å². The smallest absolute Gasteiger partial charge is 0.293 e. The van der Waals surface area contributed by atoms with E-state index in [1.54, 1.807) is 48.5 Å². The van der Waals surface area contributed by atoms with Crippen LogP contribution in [0.3, 0.4) is 0 Å². The predicted octanol–water partition coefficient (Wildman–Crippen LogP) is 1.36. The lowest BCUT2D eigenvalue weighted by Gasteiger charge is -2.11. The number of nitrogen functional groups attached to an aromatic ring is 1. The van der Waals surface area contributed by atoms with Crippen LogP contribution in [0.15, 0.2) is 58.3 Å². The zero-order valence-corrected chi connectivity index (χ0v) is 18.1. The monoisotopic (exact) mass is 480 g/mol. The number of carbonyl (C=O) groups excluding carboxylic acids is 2. The molecule has 0 unspecified atom stereocenters. The molecule has 34 heavy (non-hydrogen) atoms. The van der Waals surface area contributed by atoms with Gasteiger partial charge in [-0.3, -0.25) is 9.59 Å². The SMILES string of the molecule is NC(=O)c1ccccc1NCc1c(C(=O)NN=Cc2ccccc2Cl)nnn1-c1nonc1N. The molecule has 0 fully saturated rings. The summed E-state index contributed by atoms with van der Waals surface area (Å²) >= 11 is 6.09. The number of nitrogens with one attached hydrogen (secondary N) is 2. The lowest BCUT2D eigenvalue weighted by Crippen LogP contribution is -2.22. The summed E-state index contributed by atoms with van der Waals surface area (Å²) in [7, 11) is 0. The molecular weight excluding hydrogens is 464 g/mol. The van der Waals surface area contributed by atoms with Crippen LogP contribution >= 0.6 is 11.6 Å². The molecule has 0 spiro atoms. The van der Waals surface area contributed by atoms with E-state index in [9.17, 15) is 9.59 Å². The van der Waals surface area contributed by atoms with Crippen molar-refractivity contribution in [2.24, 2.45) is 10.8 Å². The summed E-state index contributed by atoms with van der Waals surface area (Å²) in [6.45, 7) is -0.0133. The molecule has 0 bridgehead atoms. The fourth-order valence-electron chi connectivity index (χ4n) is 2.97. The second-order valence-corrected chi connectivity index (χ2v) is 7.16. The Morgan fingerprint density at radius 1 is 1.15 bits per heavy atom. The number of primary amides is 1. The summed E-state index contributed by atoms with van der Waals surface area (Å²) in [5.41, 5.74) is 15.1. The van der Waals surface area contributed by atoms with E-state index < -0.39 is 11.8 Å². The third kappa shape index (κ3) is 4.68. The first-order chi connectivity index (χ1) is 16.5. The van der Waals surface area contributed by atoms with Crippen LogP contribution in [0.4, 0.5) is 11.5 Å². The lowest BCUT2D eigenvalue weighted by atomic mass is 10.1. The van der Waals surface area contributed by atoms with Gasteiger partial charge in [0.05, 0.1) is 24.0 Å². The van der Waals surface area contributed by atoms with Crippen molar-refractivity contribution >= 4 is 41.1 Å². The average Bonchev–Trinajstić information content (AvgIpc) is 3.44. The largest absolute Gasteiger partial charge is 0.379 e. The van der Waals surface area contributed by atoms with E-state index in [0.717, 1.165) is 0 Å². The van der Waals surface area contributed by atoms with Gasteiger partial charge in [-0.1, -0.05) is 47.1 Å². The van der Waals surface area contributed by atoms with E-state index in [1.807, 2.05) is 0 Å². The number of nitrogens with zero attached hydrogens (tertiary/aromatic N) is 6. The van der Waals surface area contributed by atoms with Gasteiger partial charge < -0.3 is 16.8 Å². The Hall–Kier alpha value is -4.78. The van der Waals surface area contributed by atoms with Gasteiger partial charge in [0, 0.05) is 16.3 Å². The minimum absolute atomic E-state index is 0.0133. The number of hydrazone groups is 1. The molecule has 0 saturated carbocycles. The molecule has 4 rings (SSSR count). The fraction of sp³-hybridized carbons (Fsp3) is 0.0500. The molecule has 2 aromatic carbocycles.